The minimum atomic E-state index is -0.772. The Hall–Kier alpha value is -2.22. The van der Waals surface area contributed by atoms with Crippen molar-refractivity contribution in [1.82, 2.24) is 0 Å². The van der Waals surface area contributed by atoms with Crippen molar-refractivity contribution in [1.29, 1.82) is 5.26 Å². The molecule has 0 aromatic heterocycles. The number of methoxy groups -OCH3 is 1. The maximum atomic E-state index is 12.7. The lowest BCUT2D eigenvalue weighted by Crippen LogP contribution is -2.26. The van der Waals surface area contributed by atoms with Gasteiger partial charge in [-0.05, 0) is 24.3 Å². The van der Waals surface area contributed by atoms with E-state index in [1.54, 1.807) is 30.3 Å². The maximum absolute atomic E-state index is 12.7. The summed E-state index contributed by atoms with van der Waals surface area (Å²) in [5.41, 5.74) is 1.41. The Bertz CT molecular complexity index is 814. The van der Waals surface area contributed by atoms with E-state index in [9.17, 15) is 10.1 Å². The van der Waals surface area contributed by atoms with Crippen molar-refractivity contribution in [3.63, 3.8) is 0 Å². The number of rotatable bonds is 2. The standard InChI is InChI=1S/C16H10Cl2N2O2/c1-22-11-4-2-3-10(7-11)20-14(8-19)12-5-9(17)6-13(18)15(12)16(20)21/h2-7,14H,1H3. The van der Waals surface area contributed by atoms with E-state index in [4.69, 9.17) is 27.9 Å². The molecule has 2 aromatic rings. The van der Waals surface area contributed by atoms with Gasteiger partial charge in [-0.2, -0.15) is 5.26 Å². The highest BCUT2D eigenvalue weighted by atomic mass is 35.5. The van der Waals surface area contributed by atoms with Crippen LogP contribution >= 0.6 is 23.2 Å². The second-order valence-electron chi connectivity index (χ2n) is 4.76. The number of nitriles is 1. The highest BCUT2D eigenvalue weighted by Crippen LogP contribution is 2.42. The van der Waals surface area contributed by atoms with Crippen molar-refractivity contribution in [2.75, 3.05) is 12.0 Å². The van der Waals surface area contributed by atoms with Crippen LogP contribution in [0.2, 0.25) is 10.0 Å². The minimum Gasteiger partial charge on any atom is -0.497 e. The number of benzene rings is 2. The lowest BCUT2D eigenvalue weighted by Gasteiger charge is -2.20. The first-order valence-corrected chi connectivity index (χ1v) is 7.18. The van der Waals surface area contributed by atoms with Gasteiger partial charge in [0.25, 0.3) is 5.91 Å². The number of ether oxygens (including phenoxy) is 1. The maximum Gasteiger partial charge on any atom is 0.261 e. The van der Waals surface area contributed by atoms with Crippen LogP contribution in [0, 0.1) is 11.3 Å². The number of halogens is 2. The molecule has 110 valence electrons. The molecule has 4 nitrogen and oxygen atoms in total. The lowest BCUT2D eigenvalue weighted by molar-refractivity contribution is 0.0994. The molecule has 1 atom stereocenters. The van der Waals surface area contributed by atoms with E-state index in [2.05, 4.69) is 6.07 Å². The molecule has 1 amide bonds. The fourth-order valence-electron chi connectivity index (χ4n) is 2.57. The topological polar surface area (TPSA) is 53.3 Å². The molecule has 22 heavy (non-hydrogen) atoms. The molecule has 0 N–H and O–H groups in total. The normalized spacial score (nSPS) is 16.4. The second kappa shape index (κ2) is 5.53. The Morgan fingerprint density at radius 3 is 2.73 bits per heavy atom. The summed E-state index contributed by atoms with van der Waals surface area (Å²) in [5, 5.41) is 10.2. The van der Waals surface area contributed by atoms with Crippen LogP contribution in [0.1, 0.15) is 22.0 Å². The van der Waals surface area contributed by atoms with Gasteiger partial charge in [-0.1, -0.05) is 29.3 Å². The Balaban J connectivity index is 2.17. The molecular formula is C16H10Cl2N2O2. The quantitative estimate of drug-likeness (QED) is 0.826. The molecule has 0 saturated heterocycles. The second-order valence-corrected chi connectivity index (χ2v) is 5.60. The van der Waals surface area contributed by atoms with Gasteiger partial charge >= 0.3 is 0 Å². The molecule has 3 rings (SSSR count). The van der Waals surface area contributed by atoms with E-state index in [0.717, 1.165) is 0 Å². The van der Waals surface area contributed by atoms with Crippen molar-refractivity contribution >= 4 is 34.8 Å². The summed E-state index contributed by atoms with van der Waals surface area (Å²) in [6.07, 6.45) is 0. The third-order valence-electron chi connectivity index (χ3n) is 3.52. The zero-order valence-corrected chi connectivity index (χ0v) is 13.0. The predicted octanol–water partition coefficient (Wildman–Crippen LogP) is 4.23. The van der Waals surface area contributed by atoms with Gasteiger partial charge in [0.1, 0.15) is 5.75 Å². The van der Waals surface area contributed by atoms with E-state index in [1.807, 2.05) is 0 Å². The van der Waals surface area contributed by atoms with Crippen LogP contribution in [0.3, 0.4) is 0 Å². The Kier molecular flexibility index (Phi) is 3.69. The first-order valence-electron chi connectivity index (χ1n) is 6.43. The van der Waals surface area contributed by atoms with Gasteiger partial charge in [0, 0.05) is 22.3 Å². The van der Waals surface area contributed by atoms with Gasteiger partial charge < -0.3 is 4.74 Å². The fraction of sp³-hybridized carbons (Fsp3) is 0.125. The zero-order chi connectivity index (χ0) is 15.9. The number of amides is 1. The number of hydrogen-bond acceptors (Lipinski definition) is 3. The van der Waals surface area contributed by atoms with E-state index in [1.165, 1.54) is 18.1 Å². The summed E-state index contributed by atoms with van der Waals surface area (Å²) < 4.78 is 5.17. The third kappa shape index (κ3) is 2.19. The summed E-state index contributed by atoms with van der Waals surface area (Å²) in [5.74, 6) is 0.276. The Labute approximate surface area is 137 Å². The highest BCUT2D eigenvalue weighted by molar-refractivity contribution is 6.38. The zero-order valence-electron chi connectivity index (χ0n) is 11.5. The molecule has 0 aliphatic carbocycles. The van der Waals surface area contributed by atoms with Crippen LogP contribution in [-0.4, -0.2) is 13.0 Å². The van der Waals surface area contributed by atoms with Gasteiger partial charge in [-0.15, -0.1) is 0 Å². The van der Waals surface area contributed by atoms with Crippen molar-refractivity contribution in [3.05, 3.63) is 57.6 Å². The number of carbonyl (C=O) groups excluding carboxylic acids is 1. The lowest BCUT2D eigenvalue weighted by atomic mass is 10.1. The van der Waals surface area contributed by atoms with Crippen molar-refractivity contribution in [2.45, 2.75) is 6.04 Å². The van der Waals surface area contributed by atoms with Gasteiger partial charge in [-0.25, -0.2) is 0 Å². The summed E-state index contributed by atoms with van der Waals surface area (Å²) in [7, 11) is 1.54. The van der Waals surface area contributed by atoms with E-state index >= 15 is 0 Å². The van der Waals surface area contributed by atoms with Crippen LogP contribution in [0.25, 0.3) is 0 Å². The molecule has 1 heterocycles. The molecular weight excluding hydrogens is 323 g/mol. The van der Waals surface area contributed by atoms with Gasteiger partial charge in [0.05, 0.1) is 23.8 Å². The first kappa shape index (κ1) is 14.7. The first-order chi connectivity index (χ1) is 10.6. The van der Waals surface area contributed by atoms with E-state index in [-0.39, 0.29) is 10.9 Å². The molecule has 0 radical (unpaired) electrons. The molecule has 2 aromatic carbocycles. The van der Waals surface area contributed by atoms with Crippen molar-refractivity contribution in [3.8, 4) is 11.8 Å². The Morgan fingerprint density at radius 2 is 2.05 bits per heavy atom. The number of anilines is 1. The predicted molar refractivity (Wildman–Crippen MR) is 84.6 cm³/mol. The molecule has 1 aliphatic rings. The fourth-order valence-corrected chi connectivity index (χ4v) is 3.16. The van der Waals surface area contributed by atoms with Crippen molar-refractivity contribution < 1.29 is 9.53 Å². The summed E-state index contributed by atoms with van der Waals surface area (Å²) in [6.45, 7) is 0. The van der Waals surface area contributed by atoms with E-state index < -0.39 is 6.04 Å². The molecule has 0 fully saturated rings. The molecule has 1 aliphatic heterocycles. The van der Waals surface area contributed by atoms with Gasteiger partial charge in [-0.3, -0.25) is 9.69 Å². The monoisotopic (exact) mass is 332 g/mol. The summed E-state index contributed by atoms with van der Waals surface area (Å²) in [4.78, 5) is 14.1. The number of fused-ring (bicyclic) bond motifs is 1. The third-order valence-corrected chi connectivity index (χ3v) is 4.04. The van der Waals surface area contributed by atoms with Crippen LogP contribution in [-0.2, 0) is 0 Å². The average molecular weight is 333 g/mol. The van der Waals surface area contributed by atoms with Crippen LogP contribution < -0.4 is 9.64 Å². The van der Waals surface area contributed by atoms with E-state index in [0.29, 0.717) is 27.6 Å². The summed E-state index contributed by atoms with van der Waals surface area (Å²) in [6, 6.07) is 11.4. The summed E-state index contributed by atoms with van der Waals surface area (Å²) >= 11 is 12.1. The number of carbonyl (C=O) groups is 1. The SMILES string of the molecule is COc1cccc(N2C(=O)c3c(Cl)cc(Cl)cc3C2C#N)c1. The minimum absolute atomic E-state index is 0.248. The van der Waals surface area contributed by atoms with Crippen LogP contribution in [0.15, 0.2) is 36.4 Å². The van der Waals surface area contributed by atoms with Crippen LogP contribution in [0.4, 0.5) is 5.69 Å². The Morgan fingerprint density at radius 1 is 1.27 bits per heavy atom. The molecule has 0 spiro atoms. The molecule has 6 heteroatoms. The highest BCUT2D eigenvalue weighted by Gasteiger charge is 2.40. The smallest absolute Gasteiger partial charge is 0.261 e. The van der Waals surface area contributed by atoms with Gasteiger partial charge in [0.2, 0.25) is 0 Å². The average Bonchev–Trinajstić information content (AvgIpc) is 2.79. The molecule has 0 saturated carbocycles. The largest absolute Gasteiger partial charge is 0.497 e. The van der Waals surface area contributed by atoms with Crippen LogP contribution in [0.5, 0.6) is 5.75 Å². The molecule has 1 unspecified atom stereocenters. The number of nitrogens with zero attached hydrogens (tertiary/aromatic N) is 2. The molecule has 0 bridgehead atoms. The van der Waals surface area contributed by atoms with Gasteiger partial charge in [0.15, 0.2) is 6.04 Å². The van der Waals surface area contributed by atoms with Crippen molar-refractivity contribution in [2.24, 2.45) is 0 Å². The number of hydrogen-bond donors (Lipinski definition) is 0.